The van der Waals surface area contributed by atoms with Gasteiger partial charge in [0.1, 0.15) is 5.82 Å². The third-order valence-electron chi connectivity index (χ3n) is 5.04. The van der Waals surface area contributed by atoms with E-state index < -0.39 is 5.91 Å². The van der Waals surface area contributed by atoms with Crippen LogP contribution in [0.3, 0.4) is 0 Å². The van der Waals surface area contributed by atoms with Crippen molar-refractivity contribution in [3.63, 3.8) is 0 Å². The summed E-state index contributed by atoms with van der Waals surface area (Å²) in [6.45, 7) is 1.75. The third-order valence-corrected chi connectivity index (χ3v) is 5.64. The molecule has 0 aliphatic rings. The largest absolute Gasteiger partial charge is 0.352 e. The molecule has 0 spiro atoms. The molecule has 8 nitrogen and oxygen atoms in total. The lowest BCUT2D eigenvalue weighted by Gasteiger charge is -2.11. The molecule has 3 aromatic heterocycles. The Morgan fingerprint density at radius 3 is 2.44 bits per heavy atom. The molecule has 0 radical (unpaired) electrons. The zero-order chi connectivity index (χ0) is 24.2. The predicted molar refractivity (Wildman–Crippen MR) is 131 cm³/mol. The second-order valence-electron chi connectivity index (χ2n) is 7.41. The molecule has 0 fully saturated rings. The van der Waals surface area contributed by atoms with Gasteiger partial charge < -0.3 is 10.6 Å². The first-order chi connectivity index (χ1) is 16.3. The number of amides is 2. The number of fused-ring (bicyclic) bond motifs is 1. The minimum absolute atomic E-state index is 0.0466. The number of nitrogens with one attached hydrogen (secondary N) is 2. The molecule has 34 heavy (non-hydrogen) atoms. The van der Waals surface area contributed by atoms with Crippen LogP contribution in [0.15, 0.2) is 61.1 Å². The Morgan fingerprint density at radius 1 is 1.00 bits per heavy atom. The van der Waals surface area contributed by atoms with Crippen LogP contribution in [-0.2, 0) is 11.2 Å². The second-order valence-corrected chi connectivity index (χ2v) is 8.22. The number of hydrogen-bond acceptors (Lipinski definition) is 5. The summed E-state index contributed by atoms with van der Waals surface area (Å²) in [5.41, 5.74) is 1.67. The van der Waals surface area contributed by atoms with Gasteiger partial charge in [0, 0.05) is 55.1 Å². The summed E-state index contributed by atoms with van der Waals surface area (Å²) < 4.78 is 1.36. The highest BCUT2D eigenvalue weighted by molar-refractivity contribution is 6.40. The first-order valence-corrected chi connectivity index (χ1v) is 11.1. The van der Waals surface area contributed by atoms with Crippen LogP contribution >= 0.6 is 23.2 Å². The topological polar surface area (TPSA) is 106 Å². The zero-order valence-electron chi connectivity index (χ0n) is 18.0. The number of carbonyl (C=O) groups is 3. The molecule has 10 heteroatoms. The van der Waals surface area contributed by atoms with Crippen LogP contribution in [0.25, 0.3) is 10.9 Å². The summed E-state index contributed by atoms with van der Waals surface area (Å²) in [7, 11) is 0. The summed E-state index contributed by atoms with van der Waals surface area (Å²) in [4.78, 5) is 45.7. The standard InChI is InChI=1S/C24H19Cl2N5O3/c1-14(32)30-22-17-7-11-31(20(17)6-10-28-22)24(34)21-18(25)12-15(13-19(21)26)23(33)29-9-5-16-4-2-3-8-27-16/h2-4,6-8,10-13H,5,9H2,1H3,(H,29,33)(H,28,30,32). The van der Waals surface area contributed by atoms with Crippen molar-refractivity contribution in [1.82, 2.24) is 19.9 Å². The van der Waals surface area contributed by atoms with E-state index in [1.54, 1.807) is 24.5 Å². The molecule has 0 saturated heterocycles. The Bertz CT molecular complexity index is 1380. The Balaban J connectivity index is 1.55. The van der Waals surface area contributed by atoms with Crippen LogP contribution in [0.5, 0.6) is 0 Å². The lowest BCUT2D eigenvalue weighted by molar-refractivity contribution is -0.114. The minimum atomic E-state index is -0.480. The van der Waals surface area contributed by atoms with Gasteiger partial charge in [-0.05, 0) is 36.4 Å². The first kappa shape index (κ1) is 23.4. The normalized spacial score (nSPS) is 10.8. The number of anilines is 1. The van der Waals surface area contributed by atoms with E-state index in [4.69, 9.17) is 23.2 Å². The average molecular weight is 496 g/mol. The van der Waals surface area contributed by atoms with Crippen molar-refractivity contribution in [3.8, 4) is 0 Å². The first-order valence-electron chi connectivity index (χ1n) is 10.3. The molecule has 0 saturated carbocycles. The lowest BCUT2D eigenvalue weighted by Crippen LogP contribution is -2.26. The molecule has 0 aliphatic carbocycles. The number of halogens is 2. The van der Waals surface area contributed by atoms with Crippen LogP contribution in [0.4, 0.5) is 5.82 Å². The highest BCUT2D eigenvalue weighted by Crippen LogP contribution is 2.30. The molecule has 0 atom stereocenters. The fourth-order valence-electron chi connectivity index (χ4n) is 3.49. The Hall–Kier alpha value is -3.75. The van der Waals surface area contributed by atoms with Gasteiger partial charge in [0.25, 0.3) is 11.8 Å². The third kappa shape index (κ3) is 4.93. The van der Waals surface area contributed by atoms with Crippen LogP contribution in [0.2, 0.25) is 10.0 Å². The fraction of sp³-hybridized carbons (Fsp3) is 0.125. The molecule has 0 bridgehead atoms. The molecule has 1 aromatic carbocycles. The molecule has 0 unspecified atom stereocenters. The van der Waals surface area contributed by atoms with Crippen LogP contribution in [0, 0.1) is 0 Å². The molecule has 2 N–H and O–H groups in total. The van der Waals surface area contributed by atoms with Crippen molar-refractivity contribution in [2.75, 3.05) is 11.9 Å². The quantitative estimate of drug-likeness (QED) is 0.413. The van der Waals surface area contributed by atoms with Gasteiger partial charge in [-0.1, -0.05) is 29.3 Å². The molecule has 172 valence electrons. The summed E-state index contributed by atoms with van der Waals surface area (Å²) in [6.07, 6.45) is 5.29. The number of aromatic nitrogens is 3. The van der Waals surface area contributed by atoms with Gasteiger partial charge in [0.15, 0.2) is 0 Å². The van der Waals surface area contributed by atoms with Crippen LogP contribution in [-0.4, -0.2) is 38.8 Å². The molecular weight excluding hydrogens is 477 g/mol. The van der Waals surface area contributed by atoms with Crippen molar-refractivity contribution >= 4 is 57.6 Å². The number of rotatable bonds is 6. The molecule has 2 amide bonds. The Labute approximate surface area is 204 Å². The minimum Gasteiger partial charge on any atom is -0.352 e. The highest BCUT2D eigenvalue weighted by atomic mass is 35.5. The maximum atomic E-state index is 13.3. The van der Waals surface area contributed by atoms with Gasteiger partial charge in [-0.2, -0.15) is 0 Å². The number of pyridine rings is 2. The van der Waals surface area contributed by atoms with Gasteiger partial charge in [0.05, 0.1) is 21.1 Å². The van der Waals surface area contributed by atoms with Crippen molar-refractivity contribution in [1.29, 1.82) is 0 Å². The van der Waals surface area contributed by atoms with E-state index in [2.05, 4.69) is 20.6 Å². The number of nitrogens with zero attached hydrogens (tertiary/aromatic N) is 3. The van der Waals surface area contributed by atoms with E-state index in [1.165, 1.54) is 29.8 Å². The molecular formula is C24H19Cl2N5O3. The number of benzene rings is 1. The number of carbonyl (C=O) groups excluding carboxylic acids is 3. The maximum absolute atomic E-state index is 13.3. The zero-order valence-corrected chi connectivity index (χ0v) is 19.5. The summed E-state index contributed by atoms with van der Waals surface area (Å²) in [5, 5.41) is 6.11. The average Bonchev–Trinajstić information content (AvgIpc) is 3.24. The van der Waals surface area contributed by atoms with E-state index in [1.807, 2.05) is 18.2 Å². The maximum Gasteiger partial charge on any atom is 0.265 e. The molecule has 4 aromatic rings. The van der Waals surface area contributed by atoms with Crippen molar-refractivity contribution in [3.05, 3.63) is 87.9 Å². The SMILES string of the molecule is CC(=O)Nc1nccc2c1ccn2C(=O)c1c(Cl)cc(C(=O)NCCc2ccccn2)cc1Cl. The van der Waals surface area contributed by atoms with E-state index >= 15 is 0 Å². The fourth-order valence-corrected chi connectivity index (χ4v) is 4.14. The summed E-state index contributed by atoms with van der Waals surface area (Å²) >= 11 is 12.8. The van der Waals surface area contributed by atoms with E-state index in [0.29, 0.717) is 29.7 Å². The smallest absolute Gasteiger partial charge is 0.265 e. The monoisotopic (exact) mass is 495 g/mol. The lowest BCUT2D eigenvalue weighted by atomic mass is 10.1. The van der Waals surface area contributed by atoms with Gasteiger partial charge >= 0.3 is 0 Å². The summed E-state index contributed by atoms with van der Waals surface area (Å²) in [5.74, 6) is -0.784. The van der Waals surface area contributed by atoms with Crippen molar-refractivity contribution < 1.29 is 14.4 Å². The molecule has 3 heterocycles. The van der Waals surface area contributed by atoms with Crippen LogP contribution in [0.1, 0.15) is 33.3 Å². The predicted octanol–water partition coefficient (Wildman–Crippen LogP) is 4.36. The Kier molecular flexibility index (Phi) is 6.90. The Morgan fingerprint density at radius 2 is 1.76 bits per heavy atom. The van der Waals surface area contributed by atoms with Crippen LogP contribution < -0.4 is 10.6 Å². The van der Waals surface area contributed by atoms with Gasteiger partial charge in [-0.25, -0.2) is 4.98 Å². The summed E-state index contributed by atoms with van der Waals surface area (Å²) in [6, 6.07) is 11.7. The molecule has 0 aliphatic heterocycles. The van der Waals surface area contributed by atoms with Crippen molar-refractivity contribution in [2.24, 2.45) is 0 Å². The van der Waals surface area contributed by atoms with Gasteiger partial charge in [0.2, 0.25) is 5.91 Å². The van der Waals surface area contributed by atoms with Gasteiger partial charge in [-0.3, -0.25) is 23.9 Å². The highest BCUT2D eigenvalue weighted by Gasteiger charge is 2.22. The van der Waals surface area contributed by atoms with E-state index in [9.17, 15) is 14.4 Å². The second kappa shape index (κ2) is 10.0. The van der Waals surface area contributed by atoms with Crippen molar-refractivity contribution in [2.45, 2.75) is 13.3 Å². The van der Waals surface area contributed by atoms with E-state index in [0.717, 1.165) is 5.69 Å². The van der Waals surface area contributed by atoms with E-state index in [-0.39, 0.29) is 33.0 Å². The molecule has 4 rings (SSSR count). The number of hydrogen-bond donors (Lipinski definition) is 2. The van der Waals surface area contributed by atoms with Gasteiger partial charge in [-0.15, -0.1) is 0 Å².